The Morgan fingerprint density at radius 1 is 0.600 bits per heavy atom. The Balaban J connectivity index is 1.30. The molecular weight excluding hydrogens is 689 g/mol. The average molecular weight is 747 g/mol. The van der Waals surface area contributed by atoms with Gasteiger partial charge in [0.2, 0.25) is 0 Å². The molecule has 0 saturated carbocycles. The summed E-state index contributed by atoms with van der Waals surface area (Å²) in [5.74, 6) is -0.0286. The highest BCUT2D eigenvalue weighted by Gasteiger charge is 2.15. The lowest BCUT2D eigenvalue weighted by Gasteiger charge is -2.17. The molecule has 4 rings (SSSR count). The summed E-state index contributed by atoms with van der Waals surface area (Å²) in [6.07, 6.45) is 19.7. The third-order valence-electron chi connectivity index (χ3n) is 9.74. The SMILES string of the molecule is CC(C)=CCCC(C)=C[C@H](CC(C)=CCc1c(O)c2ccccc2oc1=O)OCC(C)=CCCC(C)=CCCC(C)=CCc1c(O)c2ccccc2oc1=O. The van der Waals surface area contributed by atoms with E-state index in [0.717, 1.165) is 49.7 Å². The maximum absolute atomic E-state index is 12.7. The zero-order chi connectivity index (χ0) is 39.9. The van der Waals surface area contributed by atoms with Crippen LogP contribution in [0.1, 0.15) is 105 Å². The Labute approximate surface area is 325 Å². The van der Waals surface area contributed by atoms with Gasteiger partial charge < -0.3 is 23.8 Å². The van der Waals surface area contributed by atoms with Crippen LogP contribution in [0.4, 0.5) is 0 Å². The molecule has 7 nitrogen and oxygen atoms in total. The first-order valence-electron chi connectivity index (χ1n) is 19.3. The van der Waals surface area contributed by atoms with Crippen LogP contribution in [-0.4, -0.2) is 22.9 Å². The summed E-state index contributed by atoms with van der Waals surface area (Å²) in [5, 5.41) is 22.5. The van der Waals surface area contributed by atoms with Gasteiger partial charge in [-0.15, -0.1) is 0 Å². The highest BCUT2D eigenvalue weighted by Crippen LogP contribution is 2.28. The number of benzene rings is 2. The van der Waals surface area contributed by atoms with Crippen molar-refractivity contribution in [2.45, 2.75) is 112 Å². The maximum atomic E-state index is 12.7. The molecule has 0 saturated heterocycles. The van der Waals surface area contributed by atoms with Crippen LogP contribution < -0.4 is 11.3 Å². The summed E-state index contributed by atoms with van der Waals surface area (Å²) in [6.45, 7) is 15.2. The van der Waals surface area contributed by atoms with Gasteiger partial charge in [-0.2, -0.15) is 0 Å². The van der Waals surface area contributed by atoms with E-state index in [2.05, 4.69) is 58.9 Å². The molecule has 4 aromatic rings. The Morgan fingerprint density at radius 3 is 1.60 bits per heavy atom. The van der Waals surface area contributed by atoms with E-state index in [1.807, 2.05) is 38.1 Å². The molecule has 0 radical (unpaired) electrons. The molecule has 7 heteroatoms. The second-order valence-corrected chi connectivity index (χ2v) is 15.0. The lowest BCUT2D eigenvalue weighted by molar-refractivity contribution is 0.103. The van der Waals surface area contributed by atoms with Crippen molar-refractivity contribution in [2.24, 2.45) is 0 Å². The van der Waals surface area contributed by atoms with E-state index in [-0.39, 0.29) is 35.2 Å². The summed E-state index contributed by atoms with van der Waals surface area (Å²) in [4.78, 5) is 25.1. The molecule has 2 N–H and O–H groups in total. The Hall–Kier alpha value is -5.14. The standard InChI is InChI=1S/C48H58O7/c1-32(2)15-12-19-35(5)29-38(30-36(6)26-28-42-46(50)40-22-9-11-24-44(40)55-48(42)52)53-31-37(7)20-14-17-33(3)16-13-18-34(4)25-27-41-45(49)39-21-8-10-23-43(39)54-47(41)51/h8-11,15-16,20-26,29,38,49-50H,12-14,17-19,27-28,30-31H2,1-7H3/t38-/m1/s1. The Morgan fingerprint density at radius 2 is 1.05 bits per heavy atom. The molecular formula is C48H58O7. The largest absolute Gasteiger partial charge is 0.507 e. The summed E-state index contributed by atoms with van der Waals surface area (Å²) in [6, 6.07) is 14.0. The van der Waals surface area contributed by atoms with Crippen LogP contribution in [0.2, 0.25) is 0 Å². The van der Waals surface area contributed by atoms with Crippen LogP contribution in [0.5, 0.6) is 11.5 Å². The lowest BCUT2D eigenvalue weighted by Crippen LogP contribution is -2.13. The number of rotatable bonds is 19. The molecule has 292 valence electrons. The van der Waals surface area contributed by atoms with Crippen molar-refractivity contribution in [3.63, 3.8) is 0 Å². The van der Waals surface area contributed by atoms with Crippen molar-refractivity contribution in [1.29, 1.82) is 0 Å². The molecule has 0 aliphatic carbocycles. The highest BCUT2D eigenvalue weighted by atomic mass is 16.5. The lowest BCUT2D eigenvalue weighted by atomic mass is 10.0. The molecule has 0 fully saturated rings. The summed E-state index contributed by atoms with van der Waals surface area (Å²) in [5.41, 5.74) is 7.59. The van der Waals surface area contributed by atoms with Gasteiger partial charge in [-0.1, -0.05) is 94.2 Å². The third-order valence-corrected chi connectivity index (χ3v) is 9.74. The van der Waals surface area contributed by atoms with Gasteiger partial charge in [-0.3, -0.25) is 0 Å². The van der Waals surface area contributed by atoms with E-state index in [1.165, 1.54) is 22.3 Å². The molecule has 2 aromatic carbocycles. The fourth-order valence-electron chi connectivity index (χ4n) is 6.41. The van der Waals surface area contributed by atoms with E-state index in [0.29, 0.717) is 41.4 Å². The minimum Gasteiger partial charge on any atom is -0.507 e. The van der Waals surface area contributed by atoms with Crippen molar-refractivity contribution in [3.05, 3.63) is 150 Å². The van der Waals surface area contributed by atoms with Crippen LogP contribution in [0.3, 0.4) is 0 Å². The highest BCUT2D eigenvalue weighted by molar-refractivity contribution is 5.84. The summed E-state index contributed by atoms with van der Waals surface area (Å²) in [7, 11) is 0. The molecule has 1 atom stereocenters. The first-order chi connectivity index (χ1) is 26.3. The summed E-state index contributed by atoms with van der Waals surface area (Å²) < 4.78 is 17.3. The van der Waals surface area contributed by atoms with Crippen LogP contribution in [0.15, 0.2) is 137 Å². The van der Waals surface area contributed by atoms with Crippen LogP contribution in [0.25, 0.3) is 21.9 Å². The topological polar surface area (TPSA) is 110 Å². The van der Waals surface area contributed by atoms with Gasteiger partial charge in [0.1, 0.15) is 22.7 Å². The summed E-state index contributed by atoms with van der Waals surface area (Å²) >= 11 is 0. The second-order valence-electron chi connectivity index (χ2n) is 15.0. The predicted molar refractivity (Wildman–Crippen MR) is 226 cm³/mol. The molecule has 0 bridgehead atoms. The van der Waals surface area contributed by atoms with Gasteiger partial charge in [-0.05, 0) is 118 Å². The quantitative estimate of drug-likeness (QED) is 0.0726. The van der Waals surface area contributed by atoms with Crippen LogP contribution in [-0.2, 0) is 17.6 Å². The van der Waals surface area contributed by atoms with Crippen LogP contribution >= 0.6 is 0 Å². The average Bonchev–Trinajstić information content (AvgIpc) is 3.13. The predicted octanol–water partition coefficient (Wildman–Crippen LogP) is 11.9. The fourth-order valence-corrected chi connectivity index (χ4v) is 6.41. The monoisotopic (exact) mass is 746 g/mol. The van der Waals surface area contributed by atoms with Crippen molar-refractivity contribution < 1.29 is 23.8 Å². The molecule has 0 aliphatic heterocycles. The van der Waals surface area contributed by atoms with Gasteiger partial charge >= 0.3 is 11.3 Å². The number of aromatic hydroxyl groups is 2. The smallest absolute Gasteiger partial charge is 0.343 e. The molecule has 2 aromatic heterocycles. The van der Waals surface area contributed by atoms with Crippen molar-refractivity contribution in [1.82, 2.24) is 0 Å². The first kappa shape index (κ1) is 42.6. The Bertz CT molecular complexity index is 2230. The molecule has 2 heterocycles. The minimum atomic E-state index is -0.521. The third kappa shape index (κ3) is 13.3. The first-order valence-corrected chi connectivity index (χ1v) is 19.3. The van der Waals surface area contributed by atoms with Gasteiger partial charge in [0, 0.05) is 12.8 Å². The number of hydrogen-bond acceptors (Lipinski definition) is 7. The van der Waals surface area contributed by atoms with E-state index in [9.17, 15) is 19.8 Å². The molecule has 0 amide bonds. The zero-order valence-corrected chi connectivity index (χ0v) is 33.7. The van der Waals surface area contributed by atoms with Crippen LogP contribution in [0, 0.1) is 0 Å². The fraction of sp³-hybridized carbons (Fsp3) is 0.375. The van der Waals surface area contributed by atoms with Gasteiger partial charge in [0.25, 0.3) is 0 Å². The number of ether oxygens (including phenoxy) is 1. The van der Waals surface area contributed by atoms with Crippen molar-refractivity contribution in [2.75, 3.05) is 6.61 Å². The van der Waals surface area contributed by atoms with Crippen molar-refractivity contribution in [3.8, 4) is 11.5 Å². The molecule has 0 spiro atoms. The van der Waals surface area contributed by atoms with Gasteiger partial charge in [0.15, 0.2) is 0 Å². The van der Waals surface area contributed by atoms with Gasteiger partial charge in [0.05, 0.1) is 34.6 Å². The van der Waals surface area contributed by atoms with E-state index in [4.69, 9.17) is 13.6 Å². The van der Waals surface area contributed by atoms with E-state index in [1.54, 1.807) is 36.4 Å². The number of fused-ring (bicyclic) bond motifs is 2. The molecule has 0 unspecified atom stereocenters. The second kappa shape index (κ2) is 21.1. The zero-order valence-electron chi connectivity index (χ0n) is 33.7. The van der Waals surface area contributed by atoms with E-state index >= 15 is 0 Å². The normalized spacial score (nSPS) is 13.8. The Kier molecular flexibility index (Phi) is 16.3. The van der Waals surface area contributed by atoms with Gasteiger partial charge in [-0.25, -0.2) is 9.59 Å². The maximum Gasteiger partial charge on any atom is 0.343 e. The van der Waals surface area contributed by atoms with E-state index < -0.39 is 11.3 Å². The molecule has 55 heavy (non-hydrogen) atoms. The minimum absolute atomic E-state index is 0.00362. The van der Waals surface area contributed by atoms with Crippen molar-refractivity contribution >= 4 is 21.9 Å². The number of para-hydroxylation sites is 2. The number of allylic oxidation sites excluding steroid dienone is 9. The molecule has 0 aliphatic rings. The number of hydrogen-bond donors (Lipinski definition) is 2.